The number of hydrogen-bond acceptors (Lipinski definition) is 6. The van der Waals surface area contributed by atoms with Crippen LogP contribution in [-0.2, 0) is 0 Å². The van der Waals surface area contributed by atoms with E-state index in [0.717, 1.165) is 20.6 Å². The lowest BCUT2D eigenvalue weighted by molar-refractivity contribution is 0.102. The van der Waals surface area contributed by atoms with Gasteiger partial charge < -0.3 is 20.3 Å². The van der Waals surface area contributed by atoms with Crippen molar-refractivity contribution in [3.63, 3.8) is 0 Å². The maximum atomic E-state index is 12.5. The van der Waals surface area contributed by atoms with Crippen LogP contribution in [0.15, 0.2) is 41.4 Å². The van der Waals surface area contributed by atoms with E-state index in [4.69, 9.17) is 10.9 Å². The zero-order chi connectivity index (χ0) is 19.8. The molecule has 1 fully saturated rings. The van der Waals surface area contributed by atoms with Crippen molar-refractivity contribution < 1.29 is 14.7 Å². The first-order chi connectivity index (χ1) is 13.5. The molecule has 1 aliphatic rings. The van der Waals surface area contributed by atoms with Gasteiger partial charge in [-0.15, -0.1) is 0 Å². The average molecular weight is 446 g/mol. The van der Waals surface area contributed by atoms with Gasteiger partial charge in [-0.3, -0.25) is 9.78 Å². The molecule has 4 heterocycles. The molecule has 0 saturated carbocycles. The lowest BCUT2D eigenvalue weighted by atomic mass is 10.1. The Bertz CT molecular complexity index is 1050. The number of amides is 2. The largest absolute Gasteiger partial charge is 0.464 e. The Morgan fingerprint density at radius 3 is 2.86 bits per heavy atom. The number of nitrogens with two attached hydrogens (primary N) is 1. The highest BCUT2D eigenvalue weighted by molar-refractivity contribution is 9.10. The highest BCUT2D eigenvalue weighted by atomic mass is 79.9. The maximum absolute atomic E-state index is 12.5. The Balaban J connectivity index is 1.65. The predicted octanol–water partition coefficient (Wildman–Crippen LogP) is 2.01. The maximum Gasteiger partial charge on any atom is 0.421 e. The van der Waals surface area contributed by atoms with Crippen LogP contribution in [0.3, 0.4) is 0 Å². The molecule has 0 bridgehead atoms. The van der Waals surface area contributed by atoms with Gasteiger partial charge in [0.25, 0.3) is 5.91 Å². The molecule has 3 aromatic rings. The highest BCUT2D eigenvalue weighted by Gasteiger charge is 2.35. The van der Waals surface area contributed by atoms with Crippen molar-refractivity contribution in [3.05, 3.63) is 47.0 Å². The summed E-state index contributed by atoms with van der Waals surface area (Å²) in [6, 6.07) is 3.06. The molecule has 144 valence electrons. The average Bonchev–Trinajstić information content (AvgIpc) is 3.05. The van der Waals surface area contributed by atoms with E-state index in [0.29, 0.717) is 30.0 Å². The molecule has 0 aromatic carbocycles. The molecule has 2 amide bonds. The van der Waals surface area contributed by atoms with Crippen LogP contribution in [0.1, 0.15) is 10.4 Å². The number of nitrogens with one attached hydrogen (secondary N) is 2. The van der Waals surface area contributed by atoms with Crippen molar-refractivity contribution in [2.24, 2.45) is 5.84 Å². The zero-order valence-electron chi connectivity index (χ0n) is 14.5. The van der Waals surface area contributed by atoms with Crippen LogP contribution in [0.4, 0.5) is 16.2 Å². The number of halogens is 1. The molecule has 0 atom stereocenters. The van der Waals surface area contributed by atoms with Gasteiger partial charge in [0.2, 0.25) is 0 Å². The molecule has 1 saturated heterocycles. The minimum Gasteiger partial charge on any atom is -0.464 e. The molecule has 11 heteroatoms. The van der Waals surface area contributed by atoms with E-state index in [9.17, 15) is 9.59 Å². The van der Waals surface area contributed by atoms with Gasteiger partial charge in [-0.25, -0.2) is 20.6 Å². The number of hydrazine groups is 1. The summed E-state index contributed by atoms with van der Waals surface area (Å²) < 4.78 is 0.730. The van der Waals surface area contributed by atoms with Crippen LogP contribution in [-0.4, -0.2) is 56.2 Å². The predicted molar refractivity (Wildman–Crippen MR) is 106 cm³/mol. The van der Waals surface area contributed by atoms with Gasteiger partial charge in [0.1, 0.15) is 5.65 Å². The lowest BCUT2D eigenvalue weighted by Gasteiger charge is -2.44. The third kappa shape index (κ3) is 3.14. The number of H-pyrrole nitrogens is 1. The highest BCUT2D eigenvalue weighted by Crippen LogP contribution is 2.40. The van der Waals surface area contributed by atoms with Gasteiger partial charge in [-0.05, 0) is 28.1 Å². The number of rotatable bonds is 4. The van der Waals surface area contributed by atoms with E-state index < -0.39 is 6.09 Å². The molecule has 4 rings (SSSR count). The van der Waals surface area contributed by atoms with Gasteiger partial charge in [0, 0.05) is 37.9 Å². The van der Waals surface area contributed by atoms with Crippen molar-refractivity contribution in [3.8, 4) is 0 Å². The summed E-state index contributed by atoms with van der Waals surface area (Å²) in [4.78, 5) is 36.9. The molecule has 0 unspecified atom stereocenters. The molecular weight excluding hydrogens is 430 g/mol. The molecule has 0 radical (unpaired) electrons. The lowest BCUT2D eigenvalue weighted by Crippen LogP contribution is -2.63. The number of aromatic nitrogens is 3. The second kappa shape index (κ2) is 7.09. The van der Waals surface area contributed by atoms with Crippen molar-refractivity contribution in [2.75, 3.05) is 23.3 Å². The summed E-state index contributed by atoms with van der Waals surface area (Å²) in [6.45, 7) is 0.864. The van der Waals surface area contributed by atoms with E-state index in [1.807, 2.05) is 4.90 Å². The Kier molecular flexibility index (Phi) is 4.61. The van der Waals surface area contributed by atoms with Crippen LogP contribution in [0.25, 0.3) is 11.0 Å². The summed E-state index contributed by atoms with van der Waals surface area (Å²) in [7, 11) is 0. The second-order valence-electron chi connectivity index (χ2n) is 6.33. The SMILES string of the molecule is NN(C(=O)O)C1CN(c2c(Br)cnc3[nH]cc(NC(=O)c4cccnc4)c23)C1. The number of fused-ring (bicyclic) bond motifs is 1. The normalized spacial score (nSPS) is 14.0. The Morgan fingerprint density at radius 2 is 2.18 bits per heavy atom. The van der Waals surface area contributed by atoms with Crippen LogP contribution in [0, 0.1) is 0 Å². The summed E-state index contributed by atoms with van der Waals surface area (Å²) in [5, 5.41) is 13.4. The second-order valence-corrected chi connectivity index (χ2v) is 7.18. The smallest absolute Gasteiger partial charge is 0.421 e. The quantitative estimate of drug-likeness (QED) is 0.273. The Morgan fingerprint density at radius 1 is 1.39 bits per heavy atom. The van der Waals surface area contributed by atoms with E-state index in [-0.39, 0.29) is 11.9 Å². The third-order valence-corrected chi connectivity index (χ3v) is 5.17. The number of nitrogens with zero attached hydrogens (tertiary/aromatic N) is 4. The van der Waals surface area contributed by atoms with Gasteiger partial charge in [0.15, 0.2) is 0 Å². The molecule has 28 heavy (non-hydrogen) atoms. The first kappa shape index (κ1) is 18.2. The van der Waals surface area contributed by atoms with E-state index in [1.54, 1.807) is 30.7 Å². The standard InChI is InChI=1S/C17H16BrN7O3/c18-11-5-21-15-13(14(11)24-7-10(8-24)25(19)17(27)28)12(6-22-15)23-16(26)9-2-1-3-20-4-9/h1-6,10H,7-8,19H2,(H,21,22)(H,23,26)(H,27,28). The first-order valence-electron chi connectivity index (χ1n) is 8.34. The monoisotopic (exact) mass is 445 g/mol. The Hall–Kier alpha value is -3.18. The number of anilines is 2. The fourth-order valence-corrected chi connectivity index (χ4v) is 3.68. The van der Waals surface area contributed by atoms with Crippen molar-refractivity contribution in [1.29, 1.82) is 0 Å². The van der Waals surface area contributed by atoms with Crippen LogP contribution >= 0.6 is 15.9 Å². The first-order valence-corrected chi connectivity index (χ1v) is 9.13. The Labute approximate surface area is 167 Å². The number of pyridine rings is 2. The van der Waals surface area contributed by atoms with E-state index in [1.165, 1.54) is 6.20 Å². The number of carbonyl (C=O) groups excluding carboxylic acids is 1. The summed E-state index contributed by atoms with van der Waals surface area (Å²) >= 11 is 3.51. The topological polar surface area (TPSA) is 140 Å². The molecular formula is C17H16BrN7O3. The zero-order valence-corrected chi connectivity index (χ0v) is 16.0. The molecule has 1 aliphatic heterocycles. The van der Waals surface area contributed by atoms with E-state index in [2.05, 4.69) is 36.2 Å². The van der Waals surface area contributed by atoms with Gasteiger partial charge >= 0.3 is 6.09 Å². The number of hydrogen-bond donors (Lipinski definition) is 4. The fourth-order valence-electron chi connectivity index (χ4n) is 3.13. The summed E-state index contributed by atoms with van der Waals surface area (Å²) in [6.07, 6.45) is 5.24. The minimum absolute atomic E-state index is 0.291. The molecule has 0 aliphatic carbocycles. The van der Waals surface area contributed by atoms with E-state index >= 15 is 0 Å². The van der Waals surface area contributed by atoms with Crippen LogP contribution < -0.4 is 16.1 Å². The van der Waals surface area contributed by atoms with Gasteiger partial charge in [-0.1, -0.05) is 0 Å². The molecule has 10 nitrogen and oxygen atoms in total. The number of carboxylic acid groups (broad SMARTS) is 1. The van der Waals surface area contributed by atoms with Crippen LogP contribution in [0.2, 0.25) is 0 Å². The third-order valence-electron chi connectivity index (χ3n) is 4.59. The van der Waals surface area contributed by atoms with Gasteiger partial charge in [0.05, 0.1) is 32.8 Å². The fraction of sp³-hybridized carbons (Fsp3) is 0.176. The van der Waals surface area contributed by atoms with Gasteiger partial charge in [-0.2, -0.15) is 0 Å². The number of aromatic amines is 1. The minimum atomic E-state index is -1.17. The molecule has 3 aromatic heterocycles. The van der Waals surface area contributed by atoms with Crippen molar-refractivity contribution in [1.82, 2.24) is 20.0 Å². The summed E-state index contributed by atoms with van der Waals surface area (Å²) in [5.74, 6) is 5.28. The summed E-state index contributed by atoms with van der Waals surface area (Å²) in [5.41, 5.74) is 2.42. The van der Waals surface area contributed by atoms with Crippen LogP contribution in [0.5, 0.6) is 0 Å². The van der Waals surface area contributed by atoms with Crippen molar-refractivity contribution in [2.45, 2.75) is 6.04 Å². The number of carbonyl (C=O) groups is 2. The molecule has 5 N–H and O–H groups in total. The molecule has 0 spiro atoms. The van der Waals surface area contributed by atoms with Crippen molar-refractivity contribution >= 4 is 50.3 Å².